The summed E-state index contributed by atoms with van der Waals surface area (Å²) in [6.45, 7) is 3.38. The predicted octanol–water partition coefficient (Wildman–Crippen LogP) is 4.37. The topological polar surface area (TPSA) is 35.5 Å². The van der Waals surface area contributed by atoms with Crippen LogP contribution in [0, 0.1) is 5.41 Å². The van der Waals surface area contributed by atoms with E-state index in [0.717, 1.165) is 47.9 Å². The highest BCUT2D eigenvalue weighted by Gasteiger charge is 2.38. The Kier molecular flexibility index (Phi) is 3.76. The lowest BCUT2D eigenvalue weighted by Gasteiger charge is -2.23. The van der Waals surface area contributed by atoms with Crippen molar-refractivity contribution >= 4 is 21.7 Å². The quantitative estimate of drug-likeness (QED) is 0.751. The molecule has 20 heavy (non-hydrogen) atoms. The Labute approximate surface area is 127 Å². The van der Waals surface area contributed by atoms with E-state index in [2.05, 4.69) is 22.9 Å². The number of benzene rings is 1. The van der Waals surface area contributed by atoms with Gasteiger partial charge in [-0.1, -0.05) is 19.8 Å². The Morgan fingerprint density at radius 3 is 2.35 bits per heavy atom. The summed E-state index contributed by atoms with van der Waals surface area (Å²) in [5, 5.41) is 0. The van der Waals surface area contributed by atoms with E-state index >= 15 is 0 Å². The average molecular weight is 339 g/mol. The van der Waals surface area contributed by atoms with Crippen LogP contribution < -0.4 is 9.47 Å². The summed E-state index contributed by atoms with van der Waals surface area (Å²) >= 11 is 3.52. The molecule has 0 aromatic heterocycles. The molecule has 0 saturated heterocycles. The maximum absolute atomic E-state index is 12.8. The first-order chi connectivity index (χ1) is 9.60. The van der Waals surface area contributed by atoms with Crippen LogP contribution in [-0.2, 0) is 0 Å². The molecule has 1 aliphatic heterocycles. The second-order valence-electron chi connectivity index (χ2n) is 5.93. The van der Waals surface area contributed by atoms with Crippen molar-refractivity contribution in [1.29, 1.82) is 0 Å². The molecule has 0 unspecified atom stereocenters. The minimum absolute atomic E-state index is 0.220. The Balaban J connectivity index is 1.97. The van der Waals surface area contributed by atoms with Gasteiger partial charge in [0, 0.05) is 21.9 Å². The van der Waals surface area contributed by atoms with Crippen LogP contribution in [0.3, 0.4) is 0 Å². The maximum Gasteiger partial charge on any atom is 0.169 e. The Morgan fingerprint density at radius 2 is 1.70 bits per heavy atom. The molecule has 3 nitrogen and oxygen atoms in total. The molecule has 0 bridgehead atoms. The molecule has 1 heterocycles. The minimum atomic E-state index is -0.220. The summed E-state index contributed by atoms with van der Waals surface area (Å²) in [5.41, 5.74) is 0.501. The molecule has 1 saturated carbocycles. The van der Waals surface area contributed by atoms with E-state index in [1.54, 1.807) is 0 Å². The van der Waals surface area contributed by atoms with Gasteiger partial charge in [0.15, 0.2) is 17.3 Å². The zero-order valence-electron chi connectivity index (χ0n) is 11.7. The molecule has 2 aliphatic rings. The van der Waals surface area contributed by atoms with Crippen LogP contribution in [0.4, 0.5) is 0 Å². The molecule has 1 aliphatic carbocycles. The summed E-state index contributed by atoms with van der Waals surface area (Å²) in [5.74, 6) is 1.63. The molecule has 1 aromatic carbocycles. The van der Waals surface area contributed by atoms with Gasteiger partial charge in [0.05, 0.1) is 13.2 Å². The number of carbonyl (C=O) groups excluding carboxylic acids is 1. The fourth-order valence-electron chi connectivity index (χ4n) is 3.07. The number of ether oxygens (including phenoxy) is 2. The first kappa shape index (κ1) is 13.9. The van der Waals surface area contributed by atoms with Crippen molar-refractivity contribution in [2.24, 2.45) is 5.41 Å². The van der Waals surface area contributed by atoms with Gasteiger partial charge in [-0.05, 0) is 40.9 Å². The van der Waals surface area contributed by atoms with Crippen LogP contribution >= 0.6 is 15.9 Å². The molecule has 108 valence electrons. The second kappa shape index (κ2) is 5.40. The first-order valence-corrected chi connectivity index (χ1v) is 8.03. The van der Waals surface area contributed by atoms with E-state index in [1.807, 2.05) is 12.1 Å². The summed E-state index contributed by atoms with van der Waals surface area (Å²) in [4.78, 5) is 12.8. The van der Waals surface area contributed by atoms with Crippen molar-refractivity contribution < 1.29 is 14.3 Å². The molecule has 1 fully saturated rings. The number of carbonyl (C=O) groups is 1. The Bertz CT molecular complexity index is 533. The van der Waals surface area contributed by atoms with E-state index in [1.165, 1.54) is 0 Å². The van der Waals surface area contributed by atoms with Crippen molar-refractivity contribution in [3.63, 3.8) is 0 Å². The molecule has 0 N–H and O–H groups in total. The predicted molar refractivity (Wildman–Crippen MR) is 80.7 cm³/mol. The van der Waals surface area contributed by atoms with E-state index in [0.29, 0.717) is 19.0 Å². The highest BCUT2D eigenvalue weighted by atomic mass is 79.9. The third-order valence-electron chi connectivity index (χ3n) is 4.34. The number of Topliss-reactive ketones (excluding diaryl/α,β-unsaturated/α-hetero) is 1. The molecular weight excluding hydrogens is 320 g/mol. The highest BCUT2D eigenvalue weighted by Crippen LogP contribution is 2.43. The molecule has 0 atom stereocenters. The highest BCUT2D eigenvalue weighted by molar-refractivity contribution is 9.10. The van der Waals surface area contributed by atoms with Gasteiger partial charge in [0.2, 0.25) is 0 Å². The molecule has 4 heteroatoms. The number of rotatable bonds is 2. The van der Waals surface area contributed by atoms with Gasteiger partial charge in [-0.15, -0.1) is 0 Å². The standard InChI is InChI=1S/C16H19BrO3/c1-16(5-2-3-6-16)15(18)11-9-13-14(10-12(11)17)20-8-4-7-19-13/h9-10H,2-8H2,1H3. The largest absolute Gasteiger partial charge is 0.490 e. The molecular formula is C16H19BrO3. The summed E-state index contributed by atoms with van der Waals surface area (Å²) in [6, 6.07) is 3.71. The number of fused-ring (bicyclic) bond motifs is 1. The minimum Gasteiger partial charge on any atom is -0.490 e. The Hall–Kier alpha value is -1.03. The second-order valence-corrected chi connectivity index (χ2v) is 6.78. The lowest BCUT2D eigenvalue weighted by molar-refractivity contribution is 0.0822. The van der Waals surface area contributed by atoms with E-state index in [4.69, 9.17) is 9.47 Å². The van der Waals surface area contributed by atoms with E-state index < -0.39 is 0 Å². The maximum atomic E-state index is 12.8. The van der Waals surface area contributed by atoms with Gasteiger partial charge in [0.25, 0.3) is 0 Å². The number of ketones is 1. The normalized spacial score (nSPS) is 20.5. The van der Waals surface area contributed by atoms with Gasteiger partial charge >= 0.3 is 0 Å². The van der Waals surface area contributed by atoms with Crippen LogP contribution in [0.5, 0.6) is 11.5 Å². The molecule has 1 aromatic rings. The number of hydrogen-bond donors (Lipinski definition) is 0. The van der Waals surface area contributed by atoms with E-state index in [9.17, 15) is 4.79 Å². The van der Waals surface area contributed by atoms with Crippen LogP contribution in [-0.4, -0.2) is 19.0 Å². The fourth-order valence-corrected chi connectivity index (χ4v) is 3.57. The van der Waals surface area contributed by atoms with Crippen molar-refractivity contribution in [2.75, 3.05) is 13.2 Å². The SMILES string of the molecule is CC1(C(=O)c2cc3c(cc2Br)OCCCO3)CCCC1. The van der Waals surface area contributed by atoms with Crippen molar-refractivity contribution in [1.82, 2.24) is 0 Å². The number of halogens is 1. The van der Waals surface area contributed by atoms with Crippen molar-refractivity contribution in [3.8, 4) is 11.5 Å². The van der Waals surface area contributed by atoms with Gasteiger partial charge in [-0.3, -0.25) is 4.79 Å². The van der Waals surface area contributed by atoms with Crippen LogP contribution in [0.25, 0.3) is 0 Å². The average Bonchev–Trinajstić information content (AvgIpc) is 2.75. The fraction of sp³-hybridized carbons (Fsp3) is 0.562. The summed E-state index contributed by atoms with van der Waals surface area (Å²) in [7, 11) is 0. The van der Waals surface area contributed by atoms with Crippen molar-refractivity contribution in [3.05, 3.63) is 22.2 Å². The lowest BCUT2D eigenvalue weighted by atomic mass is 9.81. The van der Waals surface area contributed by atoms with E-state index in [-0.39, 0.29) is 11.2 Å². The summed E-state index contributed by atoms with van der Waals surface area (Å²) < 4.78 is 12.1. The lowest BCUT2D eigenvalue weighted by Crippen LogP contribution is -2.24. The summed E-state index contributed by atoms with van der Waals surface area (Å²) in [6.07, 6.45) is 5.11. The van der Waals surface area contributed by atoms with Gasteiger partial charge < -0.3 is 9.47 Å². The van der Waals surface area contributed by atoms with Crippen LogP contribution in [0.2, 0.25) is 0 Å². The van der Waals surface area contributed by atoms with Crippen LogP contribution in [0.15, 0.2) is 16.6 Å². The Morgan fingerprint density at radius 1 is 1.10 bits per heavy atom. The van der Waals surface area contributed by atoms with Gasteiger partial charge in [0.1, 0.15) is 0 Å². The van der Waals surface area contributed by atoms with Gasteiger partial charge in [-0.25, -0.2) is 0 Å². The third-order valence-corrected chi connectivity index (χ3v) is 4.99. The van der Waals surface area contributed by atoms with Gasteiger partial charge in [-0.2, -0.15) is 0 Å². The first-order valence-electron chi connectivity index (χ1n) is 7.24. The zero-order valence-corrected chi connectivity index (χ0v) is 13.3. The molecule has 0 amide bonds. The molecule has 0 radical (unpaired) electrons. The number of hydrogen-bond acceptors (Lipinski definition) is 3. The smallest absolute Gasteiger partial charge is 0.169 e. The third kappa shape index (κ3) is 2.46. The molecule has 3 rings (SSSR count). The van der Waals surface area contributed by atoms with Crippen LogP contribution in [0.1, 0.15) is 49.4 Å². The monoisotopic (exact) mass is 338 g/mol. The van der Waals surface area contributed by atoms with Crippen molar-refractivity contribution in [2.45, 2.75) is 39.0 Å². The molecule has 0 spiro atoms. The zero-order chi connectivity index (χ0) is 14.2.